The third kappa shape index (κ3) is 3.96. The van der Waals surface area contributed by atoms with Crippen LogP contribution >= 0.6 is 22.7 Å². The number of anilines is 1. The molecule has 0 spiro atoms. The lowest BCUT2D eigenvalue weighted by atomic mass is 9.89. The molecular formula is C24H19FN4O2S2. The number of nitrogens with zero attached hydrogens (tertiary/aromatic N) is 3. The number of nitriles is 1. The highest BCUT2D eigenvalue weighted by Crippen LogP contribution is 2.39. The molecule has 0 bridgehead atoms. The molecule has 0 fully saturated rings. The Morgan fingerprint density at radius 2 is 2.15 bits per heavy atom. The topological polar surface area (TPSA) is 87.8 Å². The number of hydrogen-bond acceptors (Lipinski definition) is 6. The van der Waals surface area contributed by atoms with Crippen molar-refractivity contribution in [2.45, 2.75) is 32.7 Å². The van der Waals surface area contributed by atoms with E-state index in [2.05, 4.69) is 23.3 Å². The zero-order chi connectivity index (χ0) is 23.1. The number of halogens is 1. The third-order valence-electron chi connectivity index (χ3n) is 5.91. The van der Waals surface area contributed by atoms with Gasteiger partial charge in [0.05, 0.1) is 17.3 Å². The standard InChI is InChI=1S/C24H19FN4O2S2/c1-13-2-7-16-17(9-26)22(33-19(16)8-13)28-20(30)10-29-12-27-23-21(24(29)31)18(11-32-23)14-3-5-15(25)6-4-14/h3-6,11-13H,2,7-8,10H2,1H3,(H,28,30). The molecule has 0 saturated carbocycles. The molecule has 1 aliphatic carbocycles. The molecule has 1 aliphatic rings. The number of thiophene rings is 2. The average Bonchev–Trinajstić information content (AvgIpc) is 3.37. The molecule has 0 aliphatic heterocycles. The predicted octanol–water partition coefficient (Wildman–Crippen LogP) is 4.96. The Labute approximate surface area is 197 Å². The number of nitrogens with one attached hydrogen (secondary N) is 1. The maximum absolute atomic E-state index is 13.3. The van der Waals surface area contributed by atoms with Crippen molar-refractivity contribution in [1.29, 1.82) is 5.26 Å². The van der Waals surface area contributed by atoms with Gasteiger partial charge < -0.3 is 5.32 Å². The normalized spacial score (nSPS) is 15.2. The van der Waals surface area contributed by atoms with Crippen LogP contribution in [0.5, 0.6) is 0 Å². The molecule has 3 heterocycles. The quantitative estimate of drug-likeness (QED) is 0.449. The van der Waals surface area contributed by atoms with E-state index in [-0.39, 0.29) is 23.8 Å². The molecule has 9 heteroatoms. The van der Waals surface area contributed by atoms with Gasteiger partial charge in [0.2, 0.25) is 5.91 Å². The number of amides is 1. The summed E-state index contributed by atoms with van der Waals surface area (Å²) in [5.41, 5.74) is 2.61. The summed E-state index contributed by atoms with van der Waals surface area (Å²) in [4.78, 5) is 32.0. The van der Waals surface area contributed by atoms with Gasteiger partial charge in [-0.3, -0.25) is 14.2 Å². The predicted molar refractivity (Wildman–Crippen MR) is 128 cm³/mol. The summed E-state index contributed by atoms with van der Waals surface area (Å²) < 4.78 is 14.6. The van der Waals surface area contributed by atoms with E-state index in [1.165, 1.54) is 45.7 Å². The molecule has 6 nitrogen and oxygen atoms in total. The number of rotatable bonds is 4. The van der Waals surface area contributed by atoms with E-state index in [0.717, 1.165) is 29.7 Å². The summed E-state index contributed by atoms with van der Waals surface area (Å²) in [7, 11) is 0. The van der Waals surface area contributed by atoms with E-state index < -0.39 is 0 Å². The van der Waals surface area contributed by atoms with Gasteiger partial charge in [0.25, 0.3) is 5.56 Å². The van der Waals surface area contributed by atoms with E-state index in [1.54, 1.807) is 12.1 Å². The van der Waals surface area contributed by atoms with Crippen LogP contribution < -0.4 is 10.9 Å². The Morgan fingerprint density at radius 3 is 2.91 bits per heavy atom. The van der Waals surface area contributed by atoms with Crippen molar-refractivity contribution in [2.24, 2.45) is 5.92 Å². The fraction of sp³-hybridized carbons (Fsp3) is 0.250. The fourth-order valence-corrected chi connectivity index (χ4v) is 6.48. The number of benzene rings is 1. The van der Waals surface area contributed by atoms with E-state index in [9.17, 15) is 19.2 Å². The van der Waals surface area contributed by atoms with Crippen LogP contribution in [0.15, 0.2) is 40.8 Å². The monoisotopic (exact) mass is 478 g/mol. The highest BCUT2D eigenvalue weighted by Gasteiger charge is 2.25. The van der Waals surface area contributed by atoms with Gasteiger partial charge >= 0.3 is 0 Å². The van der Waals surface area contributed by atoms with E-state index >= 15 is 0 Å². The van der Waals surface area contributed by atoms with Gasteiger partial charge in [0, 0.05) is 15.8 Å². The summed E-state index contributed by atoms with van der Waals surface area (Å²) in [5.74, 6) is -0.185. The minimum Gasteiger partial charge on any atom is -0.315 e. The smallest absolute Gasteiger partial charge is 0.263 e. The molecule has 5 rings (SSSR count). The molecule has 0 saturated heterocycles. The Hall–Kier alpha value is -3.35. The second-order valence-corrected chi connectivity index (χ2v) is 10.2. The molecule has 0 radical (unpaired) electrons. The largest absolute Gasteiger partial charge is 0.315 e. The van der Waals surface area contributed by atoms with E-state index in [1.807, 2.05) is 5.38 Å². The number of carbonyl (C=O) groups excluding carboxylic acids is 1. The summed E-state index contributed by atoms with van der Waals surface area (Å²) in [6, 6.07) is 8.15. The van der Waals surface area contributed by atoms with Gasteiger partial charge in [0.1, 0.15) is 28.3 Å². The van der Waals surface area contributed by atoms with E-state index in [0.29, 0.717) is 37.8 Å². The molecule has 166 valence electrons. The second-order valence-electron chi connectivity index (χ2n) is 8.23. The first-order valence-electron chi connectivity index (χ1n) is 10.5. The van der Waals surface area contributed by atoms with Crippen molar-refractivity contribution < 1.29 is 9.18 Å². The van der Waals surface area contributed by atoms with Crippen molar-refractivity contribution in [3.8, 4) is 17.2 Å². The number of aromatic nitrogens is 2. The lowest BCUT2D eigenvalue weighted by Gasteiger charge is -2.17. The first-order valence-corrected chi connectivity index (χ1v) is 12.2. The van der Waals surface area contributed by atoms with Crippen molar-refractivity contribution in [3.05, 3.63) is 68.1 Å². The Bertz CT molecular complexity index is 1480. The Kier molecular flexibility index (Phi) is 5.56. The fourth-order valence-electron chi connectivity index (χ4n) is 4.20. The number of carbonyl (C=O) groups is 1. The number of hydrogen-bond donors (Lipinski definition) is 1. The minimum atomic E-state index is -0.389. The number of fused-ring (bicyclic) bond motifs is 2. The van der Waals surface area contributed by atoms with Crippen LogP contribution in [0.2, 0.25) is 0 Å². The summed E-state index contributed by atoms with van der Waals surface area (Å²) in [6.45, 7) is 1.97. The van der Waals surface area contributed by atoms with Gasteiger partial charge in [-0.15, -0.1) is 22.7 Å². The van der Waals surface area contributed by atoms with Gasteiger partial charge in [0.15, 0.2) is 0 Å². The summed E-state index contributed by atoms with van der Waals surface area (Å²) in [6.07, 6.45) is 4.15. The highest BCUT2D eigenvalue weighted by molar-refractivity contribution is 7.17. The molecule has 33 heavy (non-hydrogen) atoms. The maximum Gasteiger partial charge on any atom is 0.263 e. The van der Waals surface area contributed by atoms with E-state index in [4.69, 9.17) is 0 Å². The summed E-state index contributed by atoms with van der Waals surface area (Å²) >= 11 is 2.78. The van der Waals surface area contributed by atoms with Crippen LogP contribution in [0.25, 0.3) is 21.3 Å². The van der Waals surface area contributed by atoms with Crippen LogP contribution in [-0.4, -0.2) is 15.5 Å². The van der Waals surface area contributed by atoms with Gasteiger partial charge in [-0.2, -0.15) is 5.26 Å². The van der Waals surface area contributed by atoms with Gasteiger partial charge in [-0.1, -0.05) is 19.1 Å². The first kappa shape index (κ1) is 21.5. The molecule has 1 aromatic carbocycles. The lowest BCUT2D eigenvalue weighted by molar-refractivity contribution is -0.116. The molecule has 1 atom stereocenters. The van der Waals surface area contributed by atoms with Gasteiger partial charge in [-0.25, -0.2) is 9.37 Å². The van der Waals surface area contributed by atoms with Crippen LogP contribution in [0, 0.1) is 23.1 Å². The minimum absolute atomic E-state index is 0.218. The van der Waals surface area contributed by atoms with Gasteiger partial charge in [-0.05, 0) is 48.4 Å². The SMILES string of the molecule is CC1CCc2c(sc(NC(=O)Cn3cnc4scc(-c5ccc(F)cc5)c4c3=O)c2C#N)C1. The molecule has 4 aromatic rings. The van der Waals surface area contributed by atoms with Crippen LogP contribution in [0.4, 0.5) is 9.39 Å². The molecule has 1 amide bonds. The van der Waals surface area contributed by atoms with Crippen LogP contribution in [-0.2, 0) is 24.2 Å². The third-order valence-corrected chi connectivity index (χ3v) is 7.96. The molecule has 1 unspecified atom stereocenters. The maximum atomic E-state index is 13.3. The average molecular weight is 479 g/mol. The first-order chi connectivity index (χ1) is 15.9. The van der Waals surface area contributed by atoms with Crippen LogP contribution in [0.1, 0.15) is 29.3 Å². The van der Waals surface area contributed by atoms with Crippen molar-refractivity contribution in [3.63, 3.8) is 0 Å². The van der Waals surface area contributed by atoms with Crippen LogP contribution in [0.3, 0.4) is 0 Å². The Balaban J connectivity index is 1.43. The van der Waals surface area contributed by atoms with Crippen molar-refractivity contribution in [1.82, 2.24) is 9.55 Å². The summed E-state index contributed by atoms with van der Waals surface area (Å²) in [5, 5.41) is 15.2. The zero-order valence-corrected chi connectivity index (χ0v) is 19.4. The molecular weight excluding hydrogens is 459 g/mol. The lowest BCUT2D eigenvalue weighted by Crippen LogP contribution is -2.27. The molecule has 1 N–H and O–H groups in total. The Morgan fingerprint density at radius 1 is 1.36 bits per heavy atom. The zero-order valence-electron chi connectivity index (χ0n) is 17.7. The van der Waals surface area contributed by atoms with Crippen molar-refractivity contribution >= 4 is 43.8 Å². The van der Waals surface area contributed by atoms with Crippen molar-refractivity contribution in [2.75, 3.05) is 5.32 Å². The molecule has 3 aromatic heterocycles. The highest BCUT2D eigenvalue weighted by atomic mass is 32.1. The second kappa shape index (κ2) is 8.54.